The van der Waals surface area contributed by atoms with Gasteiger partial charge in [-0.05, 0) is 43.6 Å². The predicted octanol–water partition coefficient (Wildman–Crippen LogP) is 2.54. The molecule has 5 heteroatoms. The summed E-state index contributed by atoms with van der Waals surface area (Å²) in [5.74, 6) is 7.61. The van der Waals surface area contributed by atoms with Crippen LogP contribution in [0.4, 0.5) is 5.82 Å². The monoisotopic (exact) mass is 391 g/mol. The van der Waals surface area contributed by atoms with E-state index in [1.54, 1.807) is 7.11 Å². The highest BCUT2D eigenvalue weighted by Gasteiger charge is 2.44. The fourth-order valence-corrected chi connectivity index (χ4v) is 4.27. The first-order valence-electron chi connectivity index (χ1n) is 10.4. The number of benzene rings is 1. The van der Waals surface area contributed by atoms with Crippen LogP contribution in [0.3, 0.4) is 0 Å². The van der Waals surface area contributed by atoms with Gasteiger partial charge in [-0.3, -0.25) is 4.90 Å². The van der Waals surface area contributed by atoms with E-state index in [1.807, 2.05) is 30.3 Å². The average molecular weight is 392 g/mol. The highest BCUT2D eigenvalue weighted by atomic mass is 16.5. The lowest BCUT2D eigenvalue weighted by Gasteiger charge is -2.47. The van der Waals surface area contributed by atoms with Gasteiger partial charge in [0.25, 0.3) is 0 Å². The van der Waals surface area contributed by atoms with Gasteiger partial charge in [0.2, 0.25) is 0 Å². The maximum Gasteiger partial charge on any atom is 0.141 e. The summed E-state index contributed by atoms with van der Waals surface area (Å²) in [4.78, 5) is 7.13. The van der Waals surface area contributed by atoms with E-state index in [-0.39, 0.29) is 5.92 Å². The van der Waals surface area contributed by atoms with Crippen molar-refractivity contribution in [3.05, 3.63) is 59.3 Å². The number of pyridine rings is 1. The first kappa shape index (κ1) is 19.9. The van der Waals surface area contributed by atoms with Crippen molar-refractivity contribution in [2.24, 2.45) is 5.92 Å². The molecule has 5 nitrogen and oxygen atoms in total. The van der Waals surface area contributed by atoms with E-state index in [0.29, 0.717) is 26.1 Å². The number of piperidine rings is 3. The van der Waals surface area contributed by atoms with Gasteiger partial charge in [0.05, 0.1) is 12.3 Å². The minimum atomic E-state index is -0.907. The molecule has 1 unspecified atom stereocenters. The van der Waals surface area contributed by atoms with Gasteiger partial charge in [-0.1, -0.05) is 42.2 Å². The summed E-state index contributed by atoms with van der Waals surface area (Å²) in [6.07, 6.45) is 2.77. The van der Waals surface area contributed by atoms with Crippen LogP contribution in [0, 0.1) is 17.8 Å². The number of hydrogen-bond acceptors (Lipinski definition) is 5. The maximum atomic E-state index is 11.1. The number of hydrogen-bond donors (Lipinski definition) is 2. The van der Waals surface area contributed by atoms with Gasteiger partial charge < -0.3 is 15.2 Å². The van der Waals surface area contributed by atoms with Crippen molar-refractivity contribution in [3.8, 4) is 11.8 Å². The third-order valence-corrected chi connectivity index (χ3v) is 5.94. The first-order chi connectivity index (χ1) is 14.2. The normalized spacial score (nSPS) is 25.3. The van der Waals surface area contributed by atoms with Crippen molar-refractivity contribution in [1.82, 2.24) is 9.88 Å². The smallest absolute Gasteiger partial charge is 0.141 e. The molecule has 1 atom stereocenters. The molecule has 152 valence electrons. The molecule has 0 aliphatic carbocycles. The van der Waals surface area contributed by atoms with Gasteiger partial charge in [0, 0.05) is 38.1 Å². The fourth-order valence-electron chi connectivity index (χ4n) is 4.27. The summed E-state index contributed by atoms with van der Waals surface area (Å²) < 4.78 is 5.11. The molecule has 0 saturated carbocycles. The van der Waals surface area contributed by atoms with Crippen LogP contribution in [0.25, 0.3) is 0 Å². The Hall–Kier alpha value is -2.39. The SMILES string of the molecule is COCCNc1ccc(C#CC2(O)CN3CCC2CC3)c(Cc2ccccc2)n1. The molecule has 5 rings (SSSR count). The molecule has 0 amide bonds. The second-order valence-corrected chi connectivity index (χ2v) is 8.00. The number of aliphatic hydroxyl groups is 1. The van der Waals surface area contributed by atoms with Crippen LogP contribution in [-0.4, -0.2) is 60.5 Å². The van der Waals surface area contributed by atoms with Crippen molar-refractivity contribution in [2.45, 2.75) is 24.9 Å². The summed E-state index contributed by atoms with van der Waals surface area (Å²) >= 11 is 0. The number of anilines is 1. The lowest BCUT2D eigenvalue weighted by molar-refractivity contribution is -0.0713. The molecule has 2 aromatic rings. The topological polar surface area (TPSA) is 57.6 Å². The van der Waals surface area contributed by atoms with Gasteiger partial charge in [-0.15, -0.1) is 0 Å². The van der Waals surface area contributed by atoms with Gasteiger partial charge in [0.15, 0.2) is 0 Å². The van der Waals surface area contributed by atoms with E-state index >= 15 is 0 Å². The molecule has 29 heavy (non-hydrogen) atoms. The second-order valence-electron chi connectivity index (χ2n) is 8.00. The lowest BCUT2D eigenvalue weighted by atomic mass is 9.75. The summed E-state index contributed by atoms with van der Waals surface area (Å²) in [5.41, 5.74) is 2.10. The molecule has 3 saturated heterocycles. The molecule has 0 spiro atoms. The quantitative estimate of drug-likeness (QED) is 0.585. The zero-order valence-corrected chi connectivity index (χ0v) is 17.0. The molecule has 3 aliphatic rings. The number of nitrogens with zero attached hydrogens (tertiary/aromatic N) is 2. The standard InChI is InChI=1S/C24H29N3O2/c1-29-16-13-25-23-8-7-20(22(26-23)17-19-5-3-2-4-6-19)9-12-24(28)18-27-14-10-21(24)11-15-27/h2-8,21,28H,10-11,13-18H2,1H3,(H,25,26). The number of rotatable bonds is 6. The van der Waals surface area contributed by atoms with E-state index in [4.69, 9.17) is 9.72 Å². The summed E-state index contributed by atoms with van der Waals surface area (Å²) in [5, 5.41) is 14.4. The molecule has 2 N–H and O–H groups in total. The molecular weight excluding hydrogens is 362 g/mol. The van der Waals surface area contributed by atoms with Crippen LogP contribution in [0.1, 0.15) is 29.7 Å². The zero-order valence-electron chi connectivity index (χ0n) is 17.0. The largest absolute Gasteiger partial charge is 0.383 e. The summed E-state index contributed by atoms with van der Waals surface area (Å²) in [6, 6.07) is 14.3. The van der Waals surface area contributed by atoms with Crippen molar-refractivity contribution >= 4 is 5.82 Å². The van der Waals surface area contributed by atoms with Crippen molar-refractivity contribution in [2.75, 3.05) is 45.2 Å². The van der Waals surface area contributed by atoms with Gasteiger partial charge in [0.1, 0.15) is 11.4 Å². The first-order valence-corrected chi connectivity index (χ1v) is 10.4. The minimum absolute atomic E-state index is 0.278. The van der Waals surface area contributed by atoms with E-state index in [9.17, 15) is 5.11 Å². The van der Waals surface area contributed by atoms with E-state index in [2.05, 4.69) is 34.2 Å². The Labute approximate surface area is 173 Å². The highest BCUT2D eigenvalue weighted by molar-refractivity contribution is 5.48. The Bertz CT molecular complexity index is 882. The van der Waals surface area contributed by atoms with Crippen LogP contribution in [-0.2, 0) is 11.2 Å². The Morgan fingerprint density at radius 3 is 2.69 bits per heavy atom. The molecule has 1 aromatic heterocycles. The molecule has 1 aromatic carbocycles. The zero-order chi connectivity index (χ0) is 20.1. The molecule has 3 fully saturated rings. The number of aromatic nitrogens is 1. The maximum absolute atomic E-state index is 11.1. The minimum Gasteiger partial charge on any atom is -0.383 e. The van der Waals surface area contributed by atoms with Crippen molar-refractivity contribution in [1.29, 1.82) is 0 Å². The third kappa shape index (κ3) is 4.79. The summed E-state index contributed by atoms with van der Waals surface area (Å²) in [6.45, 7) is 4.15. The van der Waals surface area contributed by atoms with E-state index < -0.39 is 5.60 Å². The van der Waals surface area contributed by atoms with Crippen molar-refractivity contribution < 1.29 is 9.84 Å². The van der Waals surface area contributed by atoms with E-state index in [0.717, 1.165) is 43.0 Å². The number of fused-ring (bicyclic) bond motifs is 3. The highest BCUT2D eigenvalue weighted by Crippen LogP contribution is 2.35. The number of methoxy groups -OCH3 is 1. The van der Waals surface area contributed by atoms with Crippen LogP contribution >= 0.6 is 0 Å². The lowest BCUT2D eigenvalue weighted by Crippen LogP contribution is -2.58. The molecule has 3 aliphatic heterocycles. The van der Waals surface area contributed by atoms with Crippen LogP contribution < -0.4 is 5.32 Å². The molecular formula is C24H29N3O2. The molecule has 2 bridgehead atoms. The Morgan fingerprint density at radius 1 is 1.21 bits per heavy atom. The van der Waals surface area contributed by atoms with Crippen LogP contribution in [0.5, 0.6) is 0 Å². The second kappa shape index (κ2) is 8.96. The average Bonchev–Trinajstić information content (AvgIpc) is 2.75. The Balaban J connectivity index is 1.60. The summed E-state index contributed by atoms with van der Waals surface area (Å²) in [7, 11) is 1.69. The van der Waals surface area contributed by atoms with E-state index in [1.165, 1.54) is 5.56 Å². The number of nitrogens with one attached hydrogen (secondary N) is 1. The van der Waals surface area contributed by atoms with Gasteiger partial charge >= 0.3 is 0 Å². The predicted molar refractivity (Wildman–Crippen MR) is 115 cm³/mol. The Morgan fingerprint density at radius 2 is 2.00 bits per heavy atom. The number of ether oxygens (including phenoxy) is 1. The van der Waals surface area contributed by atoms with Crippen LogP contribution in [0.15, 0.2) is 42.5 Å². The molecule has 0 radical (unpaired) electrons. The Kier molecular flexibility index (Phi) is 6.15. The van der Waals surface area contributed by atoms with Crippen LogP contribution in [0.2, 0.25) is 0 Å². The fraction of sp³-hybridized carbons (Fsp3) is 0.458. The van der Waals surface area contributed by atoms with Gasteiger partial charge in [-0.2, -0.15) is 0 Å². The van der Waals surface area contributed by atoms with Gasteiger partial charge in [-0.25, -0.2) is 4.98 Å². The molecule has 4 heterocycles. The third-order valence-electron chi connectivity index (χ3n) is 5.94. The van der Waals surface area contributed by atoms with Crippen molar-refractivity contribution in [3.63, 3.8) is 0 Å².